The Labute approximate surface area is 194 Å². The Bertz CT molecular complexity index is 1060. The molecule has 0 aromatic heterocycles. The molecule has 1 fully saturated rings. The van der Waals surface area contributed by atoms with Crippen molar-refractivity contribution in [3.63, 3.8) is 0 Å². The summed E-state index contributed by atoms with van der Waals surface area (Å²) < 4.78 is 0. The Morgan fingerprint density at radius 2 is 1.45 bits per heavy atom. The van der Waals surface area contributed by atoms with Gasteiger partial charge in [0.25, 0.3) is 5.69 Å². The number of carbonyl (C=O) groups is 1. The summed E-state index contributed by atoms with van der Waals surface area (Å²) in [6.07, 6.45) is 2.21. The van der Waals surface area contributed by atoms with Crippen molar-refractivity contribution in [1.29, 1.82) is 0 Å². The van der Waals surface area contributed by atoms with E-state index in [9.17, 15) is 14.9 Å². The summed E-state index contributed by atoms with van der Waals surface area (Å²) in [6, 6.07) is 27.2. The summed E-state index contributed by atoms with van der Waals surface area (Å²) in [5.74, 6) is 0.112. The smallest absolute Gasteiger partial charge is 0.292 e. The van der Waals surface area contributed by atoms with Crippen molar-refractivity contribution in [3.05, 3.63) is 106 Å². The van der Waals surface area contributed by atoms with Gasteiger partial charge in [-0.2, -0.15) is 0 Å². The summed E-state index contributed by atoms with van der Waals surface area (Å²) in [7, 11) is 0. The highest BCUT2D eigenvalue weighted by molar-refractivity contribution is 5.79. The van der Waals surface area contributed by atoms with Crippen molar-refractivity contribution in [1.82, 2.24) is 4.90 Å². The molecule has 0 radical (unpaired) electrons. The van der Waals surface area contributed by atoms with E-state index in [0.717, 1.165) is 12.0 Å². The molecule has 170 valence electrons. The number of para-hydroxylation sites is 2. The lowest BCUT2D eigenvalue weighted by Gasteiger charge is -2.35. The monoisotopic (exact) mass is 443 g/mol. The second kappa shape index (κ2) is 10.8. The third kappa shape index (κ3) is 5.77. The molecule has 33 heavy (non-hydrogen) atoms. The first-order valence-corrected chi connectivity index (χ1v) is 11.5. The van der Waals surface area contributed by atoms with Gasteiger partial charge in [0.05, 0.1) is 4.92 Å². The predicted octanol–water partition coefficient (Wildman–Crippen LogP) is 5.08. The van der Waals surface area contributed by atoms with Gasteiger partial charge in [0.15, 0.2) is 0 Å². The molecule has 0 N–H and O–H groups in total. The zero-order valence-electron chi connectivity index (χ0n) is 18.7. The maximum absolute atomic E-state index is 13.5. The first kappa shape index (κ1) is 22.5. The first-order valence-electron chi connectivity index (χ1n) is 11.5. The first-order chi connectivity index (χ1) is 16.1. The van der Waals surface area contributed by atoms with Gasteiger partial charge < -0.3 is 9.80 Å². The second-order valence-electron chi connectivity index (χ2n) is 8.49. The van der Waals surface area contributed by atoms with E-state index >= 15 is 0 Å². The average molecular weight is 444 g/mol. The molecule has 0 bridgehead atoms. The lowest BCUT2D eigenvalue weighted by atomic mass is 9.94. The molecule has 0 aliphatic carbocycles. The van der Waals surface area contributed by atoms with E-state index in [1.165, 1.54) is 11.6 Å². The quantitative estimate of drug-likeness (QED) is 0.360. The van der Waals surface area contributed by atoms with E-state index in [1.807, 2.05) is 52.3 Å². The van der Waals surface area contributed by atoms with Crippen LogP contribution in [0, 0.1) is 16.0 Å². The topological polar surface area (TPSA) is 66.7 Å². The van der Waals surface area contributed by atoms with Gasteiger partial charge in [0, 0.05) is 38.2 Å². The van der Waals surface area contributed by atoms with E-state index in [0.29, 0.717) is 44.7 Å². The number of benzene rings is 3. The molecule has 1 amide bonds. The molecule has 0 unspecified atom stereocenters. The Kier molecular flexibility index (Phi) is 7.35. The van der Waals surface area contributed by atoms with Gasteiger partial charge in [-0.1, -0.05) is 72.8 Å². The molecule has 4 rings (SSSR count). The Morgan fingerprint density at radius 3 is 2.09 bits per heavy atom. The minimum atomic E-state index is -0.336. The molecular formula is C27H29N3O3. The average Bonchev–Trinajstić information content (AvgIpc) is 2.87. The number of anilines is 1. The Balaban J connectivity index is 1.43. The van der Waals surface area contributed by atoms with E-state index in [4.69, 9.17) is 0 Å². The minimum absolute atomic E-state index is 0.0662. The number of hydrogen-bond donors (Lipinski definition) is 0. The number of hydrogen-bond acceptors (Lipinski definition) is 4. The van der Waals surface area contributed by atoms with Crippen LogP contribution < -0.4 is 4.90 Å². The molecule has 0 atom stereocenters. The molecule has 1 aliphatic rings. The second-order valence-corrected chi connectivity index (χ2v) is 8.49. The van der Waals surface area contributed by atoms with Crippen molar-refractivity contribution in [2.24, 2.45) is 5.92 Å². The fourth-order valence-electron chi connectivity index (χ4n) is 4.49. The van der Waals surface area contributed by atoms with Crippen LogP contribution in [0.5, 0.6) is 0 Å². The lowest BCUT2D eigenvalue weighted by Crippen LogP contribution is -2.43. The van der Waals surface area contributed by atoms with Gasteiger partial charge in [0.2, 0.25) is 5.91 Å². The summed E-state index contributed by atoms with van der Waals surface area (Å²) in [4.78, 5) is 28.6. The van der Waals surface area contributed by atoms with Crippen LogP contribution in [0.3, 0.4) is 0 Å². The van der Waals surface area contributed by atoms with Crippen LogP contribution in [0.15, 0.2) is 84.9 Å². The molecule has 0 saturated carbocycles. The van der Waals surface area contributed by atoms with Crippen molar-refractivity contribution >= 4 is 17.3 Å². The van der Waals surface area contributed by atoms with Gasteiger partial charge in [-0.25, -0.2) is 0 Å². The fraction of sp³-hybridized carbons (Fsp3) is 0.296. The molecule has 0 spiro atoms. The predicted molar refractivity (Wildman–Crippen MR) is 130 cm³/mol. The molecule has 3 aromatic carbocycles. The minimum Gasteiger partial charge on any atom is -0.366 e. The Hall–Kier alpha value is -3.67. The van der Waals surface area contributed by atoms with Gasteiger partial charge >= 0.3 is 0 Å². The van der Waals surface area contributed by atoms with Crippen LogP contribution in [0.1, 0.15) is 24.0 Å². The van der Waals surface area contributed by atoms with E-state index in [-0.39, 0.29) is 22.4 Å². The summed E-state index contributed by atoms with van der Waals surface area (Å²) in [5.41, 5.74) is 3.10. The highest BCUT2D eigenvalue weighted by atomic mass is 16.6. The number of amides is 1. The van der Waals surface area contributed by atoms with Crippen molar-refractivity contribution in [2.75, 3.05) is 24.5 Å². The van der Waals surface area contributed by atoms with Crippen LogP contribution in [0.25, 0.3) is 0 Å². The number of nitro groups is 1. The van der Waals surface area contributed by atoms with E-state index < -0.39 is 0 Å². The summed E-state index contributed by atoms with van der Waals surface area (Å²) in [6.45, 7) is 2.54. The summed E-state index contributed by atoms with van der Waals surface area (Å²) in [5, 5.41) is 11.4. The van der Waals surface area contributed by atoms with Gasteiger partial charge in [0.1, 0.15) is 5.69 Å². The molecule has 6 heteroatoms. The van der Waals surface area contributed by atoms with E-state index in [2.05, 4.69) is 24.3 Å². The van der Waals surface area contributed by atoms with Crippen LogP contribution in [0.2, 0.25) is 0 Å². The van der Waals surface area contributed by atoms with Crippen LogP contribution >= 0.6 is 0 Å². The lowest BCUT2D eigenvalue weighted by molar-refractivity contribution is -0.384. The molecule has 3 aromatic rings. The van der Waals surface area contributed by atoms with Crippen molar-refractivity contribution in [2.45, 2.75) is 25.8 Å². The van der Waals surface area contributed by atoms with Gasteiger partial charge in [-0.05, 0) is 36.5 Å². The van der Waals surface area contributed by atoms with E-state index in [1.54, 1.807) is 12.1 Å². The normalized spacial score (nSPS) is 14.1. The van der Waals surface area contributed by atoms with Gasteiger partial charge in [-0.3, -0.25) is 14.9 Å². The number of nitro benzene ring substituents is 1. The zero-order valence-corrected chi connectivity index (χ0v) is 18.7. The van der Waals surface area contributed by atoms with Crippen LogP contribution in [-0.2, 0) is 17.8 Å². The number of rotatable bonds is 8. The number of piperidine rings is 1. The van der Waals surface area contributed by atoms with Crippen molar-refractivity contribution in [3.8, 4) is 0 Å². The molecular weight excluding hydrogens is 414 g/mol. The highest BCUT2D eigenvalue weighted by Gasteiger charge is 2.30. The molecule has 6 nitrogen and oxygen atoms in total. The SMILES string of the molecule is O=C(C1CCN(c2ccccc2[N+](=O)[O-])CC1)N(CCc1ccccc1)Cc1ccccc1. The zero-order chi connectivity index (χ0) is 23.0. The van der Waals surface area contributed by atoms with Crippen LogP contribution in [-0.4, -0.2) is 35.4 Å². The number of carbonyl (C=O) groups excluding carboxylic acids is 1. The third-order valence-electron chi connectivity index (χ3n) is 6.30. The number of nitrogens with zero attached hydrogens (tertiary/aromatic N) is 3. The van der Waals surface area contributed by atoms with Crippen LogP contribution in [0.4, 0.5) is 11.4 Å². The van der Waals surface area contributed by atoms with Gasteiger partial charge in [-0.15, -0.1) is 0 Å². The maximum atomic E-state index is 13.5. The largest absolute Gasteiger partial charge is 0.366 e. The highest BCUT2D eigenvalue weighted by Crippen LogP contribution is 2.31. The molecule has 1 saturated heterocycles. The summed E-state index contributed by atoms with van der Waals surface area (Å²) >= 11 is 0. The van der Waals surface area contributed by atoms with Crippen molar-refractivity contribution < 1.29 is 9.72 Å². The Morgan fingerprint density at radius 1 is 0.879 bits per heavy atom. The maximum Gasteiger partial charge on any atom is 0.292 e. The third-order valence-corrected chi connectivity index (χ3v) is 6.30. The molecule has 1 aliphatic heterocycles. The fourth-order valence-corrected chi connectivity index (χ4v) is 4.49. The molecule has 1 heterocycles. The standard InChI is InChI=1S/C27H29N3O3/c31-27(24-16-19-28(20-17-24)25-13-7-8-14-26(25)30(32)33)29(21-23-11-5-2-6-12-23)18-15-22-9-3-1-4-10-22/h1-14,24H,15-21H2.